The predicted molar refractivity (Wildman–Crippen MR) is 109 cm³/mol. The maximum absolute atomic E-state index is 12.9. The van der Waals surface area contributed by atoms with Crippen LogP contribution < -0.4 is 10.4 Å². The highest BCUT2D eigenvalue weighted by Crippen LogP contribution is 2.11. The maximum Gasteiger partial charge on any atom is 0.269 e. The second-order valence-corrected chi connectivity index (χ2v) is 7.33. The Hall–Kier alpha value is -3.41. The first-order valence-corrected chi connectivity index (χ1v) is 9.21. The molecule has 1 heterocycles. The van der Waals surface area contributed by atoms with Gasteiger partial charge in [-0.2, -0.15) is 10.2 Å². The summed E-state index contributed by atoms with van der Waals surface area (Å²) in [5, 5.41) is 10.4. The summed E-state index contributed by atoms with van der Waals surface area (Å²) < 4.78 is 25.1. The maximum atomic E-state index is 12.9. The molecule has 9 heteroatoms. The van der Waals surface area contributed by atoms with Gasteiger partial charge in [-0.25, -0.2) is 13.8 Å². The number of Topliss-reactive ketones (excluding diaryl/α,β-unsaturated/α-hetero) is 1. The average molecular weight is 417 g/mol. The van der Waals surface area contributed by atoms with Gasteiger partial charge in [0.15, 0.2) is 17.3 Å². The number of ketones is 1. The number of anilines is 1. The van der Waals surface area contributed by atoms with Crippen molar-refractivity contribution >= 4 is 17.5 Å². The number of amides is 1. The molecule has 0 aliphatic carbocycles. The first kappa shape index (κ1) is 24.6. The van der Waals surface area contributed by atoms with Gasteiger partial charge in [0.25, 0.3) is 5.91 Å². The van der Waals surface area contributed by atoms with E-state index in [9.17, 15) is 18.4 Å². The van der Waals surface area contributed by atoms with Gasteiger partial charge in [-0.15, -0.1) is 0 Å². The zero-order valence-corrected chi connectivity index (χ0v) is 17.6. The third-order valence-electron chi connectivity index (χ3n) is 3.75. The Bertz CT molecular complexity index is 903. The van der Waals surface area contributed by atoms with Crippen LogP contribution in [-0.2, 0) is 4.79 Å². The zero-order valence-electron chi connectivity index (χ0n) is 17.6. The number of alkyl halides is 1. The van der Waals surface area contributed by atoms with Crippen molar-refractivity contribution in [3.8, 4) is 6.07 Å². The molecule has 30 heavy (non-hydrogen) atoms. The summed E-state index contributed by atoms with van der Waals surface area (Å²) in [6.45, 7) is 8.20. The summed E-state index contributed by atoms with van der Waals surface area (Å²) in [5.74, 6) is -0.540. The Labute approximate surface area is 174 Å². The fourth-order valence-electron chi connectivity index (χ4n) is 1.90. The van der Waals surface area contributed by atoms with Crippen molar-refractivity contribution in [2.45, 2.75) is 40.3 Å². The molecule has 0 aliphatic heterocycles. The minimum absolute atomic E-state index is 0.0206. The molecule has 0 spiro atoms. The van der Waals surface area contributed by atoms with Gasteiger partial charge < -0.3 is 0 Å². The first-order chi connectivity index (χ1) is 13.9. The van der Waals surface area contributed by atoms with Crippen LogP contribution in [0.3, 0.4) is 0 Å². The number of nitrogens with one attached hydrogen (secondary N) is 1. The third-order valence-corrected chi connectivity index (χ3v) is 3.75. The highest BCUT2D eigenvalue weighted by molar-refractivity contribution is 5.95. The molecule has 1 aromatic heterocycles. The van der Waals surface area contributed by atoms with E-state index in [0.29, 0.717) is 17.9 Å². The number of hydrazine groups is 1. The normalized spacial score (nSPS) is 10.5. The Balaban J connectivity index is 0.000000553. The Morgan fingerprint density at radius 1 is 1.23 bits per heavy atom. The monoisotopic (exact) mass is 417 g/mol. The van der Waals surface area contributed by atoms with Crippen LogP contribution >= 0.6 is 0 Å². The van der Waals surface area contributed by atoms with Gasteiger partial charge in [-0.1, -0.05) is 13.8 Å². The summed E-state index contributed by atoms with van der Waals surface area (Å²) in [7, 11) is 0. The van der Waals surface area contributed by atoms with E-state index in [2.05, 4.69) is 15.4 Å². The van der Waals surface area contributed by atoms with Gasteiger partial charge in [0.05, 0.1) is 0 Å². The highest BCUT2D eigenvalue weighted by atomic mass is 19.1. The molecule has 160 valence electrons. The van der Waals surface area contributed by atoms with E-state index in [-0.39, 0.29) is 17.6 Å². The van der Waals surface area contributed by atoms with E-state index >= 15 is 0 Å². The quantitative estimate of drug-likeness (QED) is 0.721. The van der Waals surface area contributed by atoms with Gasteiger partial charge in [-0.3, -0.25) is 20.0 Å². The van der Waals surface area contributed by atoms with Crippen molar-refractivity contribution in [3.05, 3.63) is 53.7 Å². The Kier molecular flexibility index (Phi) is 8.99. The number of hydrogen-bond donors (Lipinski definition) is 1. The lowest BCUT2D eigenvalue weighted by atomic mass is 10.1. The molecular formula is C21H25F2N5O2. The molecular weight excluding hydrogens is 392 g/mol. The fraction of sp³-hybridized carbons (Fsp3) is 0.381. The summed E-state index contributed by atoms with van der Waals surface area (Å²) in [4.78, 5) is 30.3. The number of nitriles is 1. The molecule has 0 atom stereocenters. The molecule has 0 saturated heterocycles. The average Bonchev–Trinajstić information content (AvgIpc) is 2.67. The second-order valence-electron chi connectivity index (χ2n) is 7.33. The number of rotatable bonds is 6. The highest BCUT2D eigenvalue weighted by Gasteiger charge is 2.20. The molecule has 0 aliphatic rings. The topological polar surface area (TPSA) is 99.0 Å². The van der Waals surface area contributed by atoms with E-state index in [1.54, 1.807) is 11.1 Å². The number of halogens is 2. The predicted octanol–water partition coefficient (Wildman–Crippen LogP) is 3.62. The van der Waals surface area contributed by atoms with Crippen LogP contribution in [0.2, 0.25) is 0 Å². The molecule has 0 radical (unpaired) electrons. The Morgan fingerprint density at radius 3 is 2.27 bits per heavy atom. The molecule has 2 rings (SSSR count). The van der Waals surface area contributed by atoms with Crippen LogP contribution in [0.4, 0.5) is 14.6 Å². The van der Waals surface area contributed by atoms with E-state index in [4.69, 9.17) is 5.26 Å². The smallest absolute Gasteiger partial charge is 0.269 e. The molecule has 0 bridgehead atoms. The minimum atomic E-state index is -1.64. The van der Waals surface area contributed by atoms with Crippen molar-refractivity contribution in [3.63, 3.8) is 0 Å². The van der Waals surface area contributed by atoms with Crippen LogP contribution in [0.25, 0.3) is 0 Å². The molecule has 7 nitrogen and oxygen atoms in total. The summed E-state index contributed by atoms with van der Waals surface area (Å²) in [6, 6.07) is 8.72. The lowest BCUT2D eigenvalue weighted by Crippen LogP contribution is -2.45. The third kappa shape index (κ3) is 8.31. The summed E-state index contributed by atoms with van der Waals surface area (Å²) >= 11 is 0. The SMILES string of the molecule is CC(=O)C(C)(C)F.CC(C)CN(NC(=O)c1ccc(F)cc1)c1ccnc(C#N)n1. The lowest BCUT2D eigenvalue weighted by Gasteiger charge is -2.26. The van der Waals surface area contributed by atoms with Gasteiger partial charge in [-0.05, 0) is 51.0 Å². The summed E-state index contributed by atoms with van der Waals surface area (Å²) in [6.07, 6.45) is 1.46. The van der Waals surface area contributed by atoms with Crippen molar-refractivity contribution in [2.75, 3.05) is 11.6 Å². The van der Waals surface area contributed by atoms with Crippen LogP contribution in [-0.4, -0.2) is 33.9 Å². The van der Waals surface area contributed by atoms with Gasteiger partial charge in [0.2, 0.25) is 5.82 Å². The molecule has 0 fully saturated rings. The number of nitrogens with zero attached hydrogens (tertiary/aromatic N) is 4. The molecule has 0 saturated carbocycles. The second kappa shape index (κ2) is 11.0. The molecule has 1 amide bonds. The first-order valence-electron chi connectivity index (χ1n) is 9.21. The number of carbonyl (C=O) groups is 2. The number of carbonyl (C=O) groups excluding carboxylic acids is 2. The molecule has 2 aromatic rings. The van der Waals surface area contributed by atoms with Crippen LogP contribution in [0.5, 0.6) is 0 Å². The van der Waals surface area contributed by atoms with Crippen molar-refractivity contribution < 1.29 is 18.4 Å². The standard InChI is InChI=1S/C16H16FN5O.C5H9FO/c1-11(2)10-22(15-7-8-19-14(9-18)20-15)21-16(23)12-3-5-13(17)6-4-12;1-4(7)5(2,3)6/h3-8,11H,10H2,1-2H3,(H,21,23);1-3H3. The van der Waals surface area contributed by atoms with Crippen molar-refractivity contribution in [2.24, 2.45) is 5.92 Å². The van der Waals surface area contributed by atoms with Crippen LogP contribution in [0, 0.1) is 23.1 Å². The van der Waals surface area contributed by atoms with E-state index in [1.165, 1.54) is 51.2 Å². The van der Waals surface area contributed by atoms with E-state index in [1.807, 2.05) is 19.9 Å². The Morgan fingerprint density at radius 2 is 1.80 bits per heavy atom. The van der Waals surface area contributed by atoms with Crippen LogP contribution in [0.1, 0.15) is 50.8 Å². The van der Waals surface area contributed by atoms with E-state index < -0.39 is 17.3 Å². The number of hydrogen-bond acceptors (Lipinski definition) is 6. The fourth-order valence-corrected chi connectivity index (χ4v) is 1.90. The van der Waals surface area contributed by atoms with Crippen molar-refractivity contribution in [1.82, 2.24) is 15.4 Å². The van der Waals surface area contributed by atoms with E-state index in [0.717, 1.165) is 0 Å². The van der Waals surface area contributed by atoms with Gasteiger partial charge in [0.1, 0.15) is 11.9 Å². The number of benzene rings is 1. The van der Waals surface area contributed by atoms with Gasteiger partial charge in [0, 0.05) is 24.4 Å². The largest absolute Gasteiger partial charge is 0.296 e. The lowest BCUT2D eigenvalue weighted by molar-refractivity contribution is -0.126. The number of aromatic nitrogens is 2. The molecule has 0 unspecified atom stereocenters. The molecule has 1 N–H and O–H groups in total. The summed E-state index contributed by atoms with van der Waals surface area (Å²) in [5.41, 5.74) is 1.41. The molecule has 1 aromatic carbocycles. The zero-order chi connectivity index (χ0) is 22.9. The minimum Gasteiger partial charge on any atom is -0.296 e. The van der Waals surface area contributed by atoms with Crippen LogP contribution in [0.15, 0.2) is 36.5 Å². The van der Waals surface area contributed by atoms with Gasteiger partial charge >= 0.3 is 0 Å². The van der Waals surface area contributed by atoms with Crippen molar-refractivity contribution in [1.29, 1.82) is 5.26 Å².